The van der Waals surface area contributed by atoms with Gasteiger partial charge in [-0.05, 0) is 13.8 Å². The molecule has 0 aromatic rings. The first-order chi connectivity index (χ1) is 6.26. The summed E-state index contributed by atoms with van der Waals surface area (Å²) in [5.74, 6) is -0.966. The van der Waals surface area contributed by atoms with Crippen LogP contribution in [0.3, 0.4) is 0 Å². The zero-order chi connectivity index (χ0) is 11.0. The molecule has 0 aromatic heterocycles. The lowest BCUT2D eigenvalue weighted by Crippen LogP contribution is -2.43. The van der Waals surface area contributed by atoms with E-state index in [0.717, 1.165) is 7.11 Å². The summed E-state index contributed by atoms with van der Waals surface area (Å²) in [6.45, 7) is 3.03. The van der Waals surface area contributed by atoms with Crippen LogP contribution in [0.2, 0.25) is 0 Å². The lowest BCUT2D eigenvalue weighted by molar-refractivity contribution is -0.249. The van der Waals surface area contributed by atoms with Gasteiger partial charge in [0.05, 0.1) is 6.61 Å². The van der Waals surface area contributed by atoms with Gasteiger partial charge in [-0.1, -0.05) is 0 Å². The SMILES string of the molecule is COC(C1COC(C)(C)O1)C(F)(F)F. The van der Waals surface area contributed by atoms with Gasteiger partial charge in [-0.25, -0.2) is 0 Å². The molecule has 2 unspecified atom stereocenters. The van der Waals surface area contributed by atoms with Crippen LogP contribution in [-0.2, 0) is 14.2 Å². The van der Waals surface area contributed by atoms with Crippen LogP contribution < -0.4 is 0 Å². The van der Waals surface area contributed by atoms with Gasteiger partial charge in [0.2, 0.25) is 0 Å². The van der Waals surface area contributed by atoms with Crippen LogP contribution in [0.1, 0.15) is 13.8 Å². The molecule has 1 fully saturated rings. The molecule has 14 heavy (non-hydrogen) atoms. The molecular formula is C8H13F3O3. The van der Waals surface area contributed by atoms with Gasteiger partial charge in [-0.3, -0.25) is 0 Å². The van der Waals surface area contributed by atoms with E-state index in [1.54, 1.807) is 13.8 Å². The van der Waals surface area contributed by atoms with Gasteiger partial charge in [-0.2, -0.15) is 13.2 Å². The zero-order valence-corrected chi connectivity index (χ0v) is 8.22. The van der Waals surface area contributed by atoms with Crippen molar-refractivity contribution in [2.45, 2.75) is 38.0 Å². The fourth-order valence-electron chi connectivity index (χ4n) is 1.36. The first-order valence-corrected chi connectivity index (χ1v) is 4.17. The van der Waals surface area contributed by atoms with Gasteiger partial charge in [0.15, 0.2) is 11.9 Å². The Bertz CT molecular complexity index is 202. The highest BCUT2D eigenvalue weighted by molar-refractivity contribution is 4.83. The van der Waals surface area contributed by atoms with Crippen molar-refractivity contribution in [1.29, 1.82) is 0 Å². The van der Waals surface area contributed by atoms with E-state index in [2.05, 4.69) is 4.74 Å². The monoisotopic (exact) mass is 214 g/mol. The molecule has 0 amide bonds. The maximum absolute atomic E-state index is 12.4. The quantitative estimate of drug-likeness (QED) is 0.700. The molecule has 2 atom stereocenters. The summed E-state index contributed by atoms with van der Waals surface area (Å²) < 4.78 is 51.5. The predicted octanol–water partition coefficient (Wildman–Crippen LogP) is 1.72. The van der Waals surface area contributed by atoms with E-state index in [1.807, 2.05) is 0 Å². The molecule has 0 aliphatic carbocycles. The third-order valence-corrected chi connectivity index (χ3v) is 1.94. The van der Waals surface area contributed by atoms with Crippen molar-refractivity contribution in [1.82, 2.24) is 0 Å². The molecule has 1 aliphatic rings. The fourth-order valence-corrected chi connectivity index (χ4v) is 1.36. The fraction of sp³-hybridized carbons (Fsp3) is 1.00. The maximum Gasteiger partial charge on any atom is 0.417 e. The molecule has 3 nitrogen and oxygen atoms in total. The Morgan fingerprint density at radius 2 is 2.00 bits per heavy atom. The van der Waals surface area contributed by atoms with E-state index >= 15 is 0 Å². The highest BCUT2D eigenvalue weighted by atomic mass is 19.4. The Morgan fingerprint density at radius 1 is 1.43 bits per heavy atom. The van der Waals surface area contributed by atoms with Gasteiger partial charge >= 0.3 is 6.18 Å². The van der Waals surface area contributed by atoms with Gasteiger partial charge in [-0.15, -0.1) is 0 Å². The second kappa shape index (κ2) is 3.67. The number of ether oxygens (including phenoxy) is 3. The molecule has 0 aromatic carbocycles. The topological polar surface area (TPSA) is 27.7 Å². The second-order valence-corrected chi connectivity index (χ2v) is 3.57. The lowest BCUT2D eigenvalue weighted by Gasteiger charge is -2.24. The molecule has 0 bridgehead atoms. The highest BCUT2D eigenvalue weighted by Crippen LogP contribution is 2.32. The van der Waals surface area contributed by atoms with Gasteiger partial charge in [0.25, 0.3) is 0 Å². The maximum atomic E-state index is 12.4. The zero-order valence-electron chi connectivity index (χ0n) is 8.22. The highest BCUT2D eigenvalue weighted by Gasteiger charge is 2.50. The minimum absolute atomic E-state index is 0.106. The van der Waals surface area contributed by atoms with E-state index in [0.29, 0.717) is 0 Å². The summed E-state index contributed by atoms with van der Waals surface area (Å²) in [6.07, 6.45) is -7.44. The summed E-state index contributed by atoms with van der Waals surface area (Å²) in [6, 6.07) is 0. The van der Waals surface area contributed by atoms with E-state index in [1.165, 1.54) is 0 Å². The molecule has 1 rings (SSSR count). The minimum Gasteiger partial charge on any atom is -0.369 e. The normalized spacial score (nSPS) is 29.1. The van der Waals surface area contributed by atoms with Crippen LogP contribution >= 0.6 is 0 Å². The van der Waals surface area contributed by atoms with Gasteiger partial charge in [0, 0.05) is 7.11 Å². The number of methoxy groups -OCH3 is 1. The summed E-state index contributed by atoms with van der Waals surface area (Å²) in [5.41, 5.74) is 0. The summed E-state index contributed by atoms with van der Waals surface area (Å²) in [7, 11) is 1.01. The van der Waals surface area contributed by atoms with Crippen LogP contribution in [0.25, 0.3) is 0 Å². The number of alkyl halides is 3. The van der Waals surface area contributed by atoms with Crippen LogP contribution in [0.4, 0.5) is 13.2 Å². The molecule has 0 saturated carbocycles. The third kappa shape index (κ3) is 2.59. The van der Waals surface area contributed by atoms with Crippen LogP contribution in [0.5, 0.6) is 0 Å². The largest absolute Gasteiger partial charge is 0.417 e. The third-order valence-electron chi connectivity index (χ3n) is 1.94. The molecule has 0 radical (unpaired) electrons. The molecular weight excluding hydrogens is 201 g/mol. The van der Waals surface area contributed by atoms with Crippen molar-refractivity contribution in [3.63, 3.8) is 0 Å². The van der Waals surface area contributed by atoms with Crippen LogP contribution in [-0.4, -0.2) is 37.9 Å². The van der Waals surface area contributed by atoms with Gasteiger partial charge in [0.1, 0.15) is 6.10 Å². The van der Waals surface area contributed by atoms with E-state index in [4.69, 9.17) is 9.47 Å². The Morgan fingerprint density at radius 3 is 2.29 bits per heavy atom. The predicted molar refractivity (Wildman–Crippen MR) is 41.8 cm³/mol. The van der Waals surface area contributed by atoms with Crippen molar-refractivity contribution >= 4 is 0 Å². The summed E-state index contributed by atoms with van der Waals surface area (Å²) >= 11 is 0. The summed E-state index contributed by atoms with van der Waals surface area (Å²) in [4.78, 5) is 0. The van der Waals surface area contributed by atoms with Crippen molar-refractivity contribution in [2.75, 3.05) is 13.7 Å². The lowest BCUT2D eigenvalue weighted by atomic mass is 10.2. The Kier molecular flexibility index (Phi) is 3.08. The van der Waals surface area contributed by atoms with Crippen LogP contribution in [0.15, 0.2) is 0 Å². The Labute approximate surface area is 80.1 Å². The first kappa shape index (κ1) is 11.7. The number of hydrogen-bond donors (Lipinski definition) is 0. The smallest absolute Gasteiger partial charge is 0.369 e. The standard InChI is InChI=1S/C8H13F3O3/c1-7(2)13-4-5(14-7)6(12-3)8(9,10)11/h5-6H,4H2,1-3H3. The van der Waals surface area contributed by atoms with Crippen molar-refractivity contribution in [3.8, 4) is 0 Å². The second-order valence-electron chi connectivity index (χ2n) is 3.57. The molecule has 0 N–H and O–H groups in total. The molecule has 1 saturated heterocycles. The Hall–Kier alpha value is -0.330. The molecule has 0 spiro atoms. The van der Waals surface area contributed by atoms with Gasteiger partial charge < -0.3 is 14.2 Å². The first-order valence-electron chi connectivity index (χ1n) is 4.17. The number of hydrogen-bond acceptors (Lipinski definition) is 3. The average Bonchev–Trinajstić information content (AvgIpc) is 2.29. The molecule has 84 valence electrons. The van der Waals surface area contributed by atoms with E-state index < -0.39 is 24.2 Å². The van der Waals surface area contributed by atoms with Crippen LogP contribution in [0, 0.1) is 0 Å². The Balaban J connectivity index is 2.65. The molecule has 1 aliphatic heterocycles. The number of rotatable bonds is 2. The average molecular weight is 214 g/mol. The molecule has 6 heteroatoms. The van der Waals surface area contributed by atoms with E-state index in [-0.39, 0.29) is 6.61 Å². The minimum atomic E-state index is -4.43. The summed E-state index contributed by atoms with van der Waals surface area (Å²) in [5, 5.41) is 0. The van der Waals surface area contributed by atoms with Crippen molar-refractivity contribution in [3.05, 3.63) is 0 Å². The van der Waals surface area contributed by atoms with E-state index in [9.17, 15) is 13.2 Å². The number of halogens is 3. The van der Waals surface area contributed by atoms with Crippen molar-refractivity contribution < 1.29 is 27.4 Å². The molecule has 1 heterocycles. The van der Waals surface area contributed by atoms with Crippen molar-refractivity contribution in [2.24, 2.45) is 0 Å².